The van der Waals surface area contributed by atoms with Crippen molar-refractivity contribution >= 4 is 29.6 Å². The van der Waals surface area contributed by atoms with Crippen molar-refractivity contribution < 1.29 is 28.6 Å². The number of hydrogen-bond donors (Lipinski definition) is 1. The molecule has 0 atom stereocenters. The molecular weight excluding hydrogens is 424 g/mol. The Morgan fingerprint density at radius 2 is 1.67 bits per heavy atom. The van der Waals surface area contributed by atoms with Gasteiger partial charge >= 0.3 is 6.03 Å². The molecule has 2 aliphatic rings. The van der Waals surface area contributed by atoms with Gasteiger partial charge in [-0.15, -0.1) is 0 Å². The molecule has 1 N–H and O–H groups in total. The smallest absolute Gasteiger partial charge is 0.335 e. The van der Waals surface area contributed by atoms with E-state index >= 15 is 0 Å². The number of nitrogens with zero attached hydrogens (tertiary/aromatic N) is 1. The van der Waals surface area contributed by atoms with E-state index in [2.05, 4.69) is 5.32 Å². The van der Waals surface area contributed by atoms with Gasteiger partial charge in [-0.1, -0.05) is 42.5 Å². The molecule has 33 heavy (non-hydrogen) atoms. The van der Waals surface area contributed by atoms with Gasteiger partial charge in [0, 0.05) is 6.07 Å². The molecule has 0 spiro atoms. The molecule has 0 radical (unpaired) electrons. The zero-order chi connectivity index (χ0) is 22.8. The second-order valence-corrected chi connectivity index (χ2v) is 7.34. The SMILES string of the molecule is O=C1NC(=O)N(c2ccc3c(c2)OCO3)C(=O)/C1=C/c1ccc(OCc2ccccc2)cc1. The van der Waals surface area contributed by atoms with Crippen molar-refractivity contribution in [1.82, 2.24) is 5.32 Å². The van der Waals surface area contributed by atoms with Crippen molar-refractivity contribution in [3.05, 3.63) is 89.5 Å². The van der Waals surface area contributed by atoms with Crippen molar-refractivity contribution in [2.75, 3.05) is 11.7 Å². The van der Waals surface area contributed by atoms with Crippen molar-refractivity contribution in [3.8, 4) is 17.2 Å². The van der Waals surface area contributed by atoms with Gasteiger partial charge in [-0.2, -0.15) is 0 Å². The number of carbonyl (C=O) groups excluding carboxylic acids is 3. The third-order valence-electron chi connectivity index (χ3n) is 5.16. The van der Waals surface area contributed by atoms with Crippen molar-refractivity contribution in [2.45, 2.75) is 6.61 Å². The van der Waals surface area contributed by atoms with Crippen LogP contribution >= 0.6 is 0 Å². The number of fused-ring (bicyclic) bond motifs is 1. The first-order valence-corrected chi connectivity index (χ1v) is 10.2. The Morgan fingerprint density at radius 1 is 0.909 bits per heavy atom. The van der Waals surface area contributed by atoms with Crippen molar-refractivity contribution in [3.63, 3.8) is 0 Å². The van der Waals surface area contributed by atoms with Gasteiger partial charge < -0.3 is 14.2 Å². The van der Waals surface area contributed by atoms with Gasteiger partial charge in [0.25, 0.3) is 11.8 Å². The number of rotatable bonds is 5. The minimum absolute atomic E-state index is 0.0631. The van der Waals surface area contributed by atoms with Crippen LogP contribution in [0, 0.1) is 0 Å². The minimum atomic E-state index is -0.828. The van der Waals surface area contributed by atoms with E-state index in [-0.39, 0.29) is 18.1 Å². The van der Waals surface area contributed by atoms with Crippen LogP contribution in [0.1, 0.15) is 11.1 Å². The summed E-state index contributed by atoms with van der Waals surface area (Å²) < 4.78 is 16.3. The summed E-state index contributed by atoms with van der Waals surface area (Å²) in [5, 5.41) is 2.21. The lowest BCUT2D eigenvalue weighted by Gasteiger charge is -2.26. The molecular formula is C25H18N2O6. The van der Waals surface area contributed by atoms with E-state index in [4.69, 9.17) is 14.2 Å². The molecule has 2 aliphatic heterocycles. The number of urea groups is 1. The van der Waals surface area contributed by atoms with Crippen LogP contribution in [0.15, 0.2) is 78.4 Å². The van der Waals surface area contributed by atoms with Crippen molar-refractivity contribution in [1.29, 1.82) is 0 Å². The highest BCUT2D eigenvalue weighted by atomic mass is 16.7. The summed E-state index contributed by atoms with van der Waals surface area (Å²) in [6.07, 6.45) is 1.44. The van der Waals surface area contributed by atoms with Crippen LogP contribution < -0.4 is 24.4 Å². The lowest BCUT2D eigenvalue weighted by atomic mass is 10.1. The van der Waals surface area contributed by atoms with E-state index in [1.165, 1.54) is 12.1 Å². The number of amides is 4. The van der Waals surface area contributed by atoms with Gasteiger partial charge in [0.05, 0.1) is 5.69 Å². The molecule has 0 bridgehead atoms. The molecule has 2 heterocycles. The van der Waals surface area contributed by atoms with E-state index in [9.17, 15) is 14.4 Å². The molecule has 164 valence electrons. The molecule has 0 aromatic heterocycles. The summed E-state index contributed by atoms with van der Waals surface area (Å²) in [5.41, 5.74) is 1.76. The number of barbiturate groups is 1. The molecule has 0 saturated carbocycles. The molecule has 3 aromatic carbocycles. The number of ether oxygens (including phenoxy) is 3. The zero-order valence-electron chi connectivity index (χ0n) is 17.3. The first kappa shape index (κ1) is 20.3. The Hall–Kier alpha value is -4.59. The summed E-state index contributed by atoms with van der Waals surface area (Å²) in [7, 11) is 0. The number of nitrogens with one attached hydrogen (secondary N) is 1. The van der Waals surface area contributed by atoms with Gasteiger partial charge in [-0.25, -0.2) is 9.69 Å². The molecule has 3 aromatic rings. The van der Waals surface area contributed by atoms with Crippen LogP contribution in [0.25, 0.3) is 6.08 Å². The molecule has 5 rings (SSSR count). The Morgan fingerprint density at radius 3 is 2.45 bits per heavy atom. The Balaban J connectivity index is 1.35. The second kappa shape index (κ2) is 8.51. The van der Waals surface area contributed by atoms with Crippen LogP contribution in [0.5, 0.6) is 17.2 Å². The topological polar surface area (TPSA) is 94.2 Å². The molecule has 0 aliphatic carbocycles. The Kier molecular flexibility index (Phi) is 5.24. The standard InChI is InChI=1S/C25H18N2O6/c28-23-20(12-16-6-9-19(10-7-16)31-14-17-4-2-1-3-5-17)24(29)27(25(30)26-23)18-8-11-21-22(13-18)33-15-32-21/h1-13H,14-15H2,(H,26,28,30)/b20-12+. The van der Waals surface area contributed by atoms with Gasteiger partial charge in [0.15, 0.2) is 11.5 Å². The molecule has 1 saturated heterocycles. The summed E-state index contributed by atoms with van der Waals surface area (Å²) in [6.45, 7) is 0.488. The monoisotopic (exact) mass is 442 g/mol. The average Bonchev–Trinajstić information content (AvgIpc) is 3.30. The highest BCUT2D eigenvalue weighted by Crippen LogP contribution is 2.36. The Bertz CT molecular complexity index is 1270. The van der Waals surface area contributed by atoms with Crippen molar-refractivity contribution in [2.24, 2.45) is 0 Å². The number of benzene rings is 3. The lowest BCUT2D eigenvalue weighted by molar-refractivity contribution is -0.122. The first-order valence-electron chi connectivity index (χ1n) is 10.2. The quantitative estimate of drug-likeness (QED) is 0.479. The minimum Gasteiger partial charge on any atom is -0.489 e. The van der Waals surface area contributed by atoms with Crippen LogP contribution in [-0.4, -0.2) is 24.6 Å². The second-order valence-electron chi connectivity index (χ2n) is 7.34. The van der Waals surface area contributed by atoms with Crippen LogP contribution in [0.2, 0.25) is 0 Å². The maximum atomic E-state index is 13.1. The highest BCUT2D eigenvalue weighted by Gasteiger charge is 2.37. The average molecular weight is 442 g/mol. The van der Waals surface area contributed by atoms with E-state index in [1.54, 1.807) is 36.4 Å². The lowest BCUT2D eigenvalue weighted by Crippen LogP contribution is -2.54. The van der Waals surface area contributed by atoms with Gasteiger partial charge in [0.2, 0.25) is 6.79 Å². The number of anilines is 1. The highest BCUT2D eigenvalue weighted by molar-refractivity contribution is 6.39. The number of hydrogen-bond acceptors (Lipinski definition) is 6. The van der Waals surface area contributed by atoms with Gasteiger partial charge in [0.1, 0.15) is 17.9 Å². The maximum absolute atomic E-state index is 13.1. The summed E-state index contributed by atoms with van der Waals surface area (Å²) in [5.74, 6) is 0.0997. The fraction of sp³-hybridized carbons (Fsp3) is 0.0800. The third kappa shape index (κ3) is 4.14. The normalized spacial score (nSPS) is 16.2. The van der Waals surface area contributed by atoms with Crippen LogP contribution in [0.3, 0.4) is 0 Å². The zero-order valence-corrected chi connectivity index (χ0v) is 17.3. The fourth-order valence-electron chi connectivity index (χ4n) is 3.48. The van der Waals surface area contributed by atoms with Crippen LogP contribution in [0.4, 0.5) is 10.5 Å². The van der Waals surface area contributed by atoms with E-state index < -0.39 is 17.8 Å². The van der Waals surface area contributed by atoms with Crippen LogP contribution in [-0.2, 0) is 16.2 Å². The van der Waals surface area contributed by atoms with Gasteiger partial charge in [-0.05, 0) is 41.5 Å². The third-order valence-corrected chi connectivity index (χ3v) is 5.16. The predicted molar refractivity (Wildman–Crippen MR) is 119 cm³/mol. The summed E-state index contributed by atoms with van der Waals surface area (Å²) in [4.78, 5) is 38.7. The fourth-order valence-corrected chi connectivity index (χ4v) is 3.48. The molecule has 4 amide bonds. The van der Waals surface area contributed by atoms with E-state index in [0.717, 1.165) is 10.5 Å². The first-order chi connectivity index (χ1) is 16.1. The predicted octanol–water partition coefficient (Wildman–Crippen LogP) is 3.66. The van der Waals surface area contributed by atoms with Gasteiger partial charge in [-0.3, -0.25) is 14.9 Å². The van der Waals surface area contributed by atoms with E-state index in [0.29, 0.717) is 29.4 Å². The molecule has 1 fully saturated rings. The number of imide groups is 2. The maximum Gasteiger partial charge on any atom is 0.335 e. The van der Waals surface area contributed by atoms with E-state index in [1.807, 2.05) is 30.3 Å². The Labute approximate surface area is 189 Å². The summed E-state index contributed by atoms with van der Waals surface area (Å²) >= 11 is 0. The molecule has 0 unspecified atom stereocenters. The molecule has 8 heteroatoms. The largest absolute Gasteiger partial charge is 0.489 e. The summed E-state index contributed by atoms with van der Waals surface area (Å²) in [6, 6.07) is 20.6. The molecule has 8 nitrogen and oxygen atoms in total. The number of carbonyl (C=O) groups is 3.